The van der Waals surface area contributed by atoms with Crippen molar-refractivity contribution in [2.45, 2.75) is 13.1 Å². The highest BCUT2D eigenvalue weighted by atomic mass is 16.2. The van der Waals surface area contributed by atoms with E-state index in [0.29, 0.717) is 5.69 Å². The molecule has 0 aliphatic rings. The van der Waals surface area contributed by atoms with E-state index in [-0.39, 0.29) is 12.2 Å². The van der Waals surface area contributed by atoms with Gasteiger partial charge in [0.1, 0.15) is 0 Å². The smallest absolute Gasteiger partial charge is 0.320 e. The summed E-state index contributed by atoms with van der Waals surface area (Å²) >= 11 is 0. The van der Waals surface area contributed by atoms with Crippen molar-refractivity contribution in [1.29, 1.82) is 0 Å². The van der Waals surface area contributed by atoms with Crippen LogP contribution in [-0.4, -0.2) is 31.2 Å². The molecule has 0 aliphatic heterocycles. The number of carbonyl (C=O) groups is 1. The normalized spacial score (nSPS) is 12.3. The van der Waals surface area contributed by atoms with Gasteiger partial charge in [-0.15, -0.1) is 0 Å². The molecule has 0 spiro atoms. The van der Waals surface area contributed by atoms with E-state index in [1.54, 1.807) is 12.1 Å². The van der Waals surface area contributed by atoms with Crippen LogP contribution < -0.4 is 10.6 Å². The summed E-state index contributed by atoms with van der Waals surface area (Å²) in [6.45, 7) is 1.91. The predicted octanol–water partition coefficient (Wildman–Crippen LogP) is 1.52. The summed E-state index contributed by atoms with van der Waals surface area (Å²) in [7, 11) is 3.80. The lowest BCUT2D eigenvalue weighted by atomic mass is 10.3. The van der Waals surface area contributed by atoms with Crippen LogP contribution in [0.4, 0.5) is 10.5 Å². The van der Waals surface area contributed by atoms with Crippen LogP contribution in [0.3, 0.4) is 0 Å². The van der Waals surface area contributed by atoms with Gasteiger partial charge in [-0.1, -0.05) is 18.2 Å². The lowest BCUT2D eigenvalue weighted by Crippen LogP contribution is -2.44. The summed E-state index contributed by atoms with van der Waals surface area (Å²) in [6, 6.07) is 9.94. The summed E-state index contributed by atoms with van der Waals surface area (Å²) in [5.41, 5.74) is 0.668. The molecule has 81 valence electrons. The molecule has 2 amide bonds. The molecule has 0 saturated carbocycles. The fraction of sp³-hybridized carbons (Fsp3) is 0.364. The van der Waals surface area contributed by atoms with Gasteiger partial charge in [0.2, 0.25) is 0 Å². The maximum absolute atomic E-state index is 11.5. The molecule has 0 aliphatic carbocycles. The Morgan fingerprint density at radius 2 is 2.20 bits per heavy atom. The van der Waals surface area contributed by atoms with E-state index in [9.17, 15) is 4.79 Å². The first-order chi connectivity index (χ1) is 7.09. The van der Waals surface area contributed by atoms with Gasteiger partial charge in [0.25, 0.3) is 0 Å². The number of para-hydroxylation sites is 1. The Labute approximate surface area is 90.3 Å². The molecule has 15 heavy (non-hydrogen) atoms. The van der Waals surface area contributed by atoms with E-state index < -0.39 is 0 Å². The van der Waals surface area contributed by atoms with Crippen LogP contribution in [0.1, 0.15) is 6.92 Å². The minimum Gasteiger partial charge on any atom is -0.323 e. The van der Waals surface area contributed by atoms with E-state index in [1.165, 1.54) is 0 Å². The molecule has 1 rings (SSSR count). The molecular formula is C11H16N3O. The molecule has 0 heterocycles. The number of benzene rings is 1. The number of carbonyl (C=O) groups excluding carboxylic acids is 1. The summed E-state index contributed by atoms with van der Waals surface area (Å²) in [5.74, 6) is 0. The molecule has 0 bridgehead atoms. The van der Waals surface area contributed by atoms with Crippen LogP contribution in [0, 0.1) is 6.07 Å². The number of hydrogen-bond donors (Lipinski definition) is 2. The van der Waals surface area contributed by atoms with E-state index in [4.69, 9.17) is 0 Å². The monoisotopic (exact) mass is 206 g/mol. The molecule has 1 aromatic rings. The number of nitrogens with one attached hydrogen (secondary N) is 2. The van der Waals surface area contributed by atoms with Crippen molar-refractivity contribution in [2.75, 3.05) is 19.4 Å². The Hall–Kier alpha value is -1.55. The van der Waals surface area contributed by atoms with Crippen molar-refractivity contribution < 1.29 is 4.79 Å². The average Bonchev–Trinajstić information content (AvgIpc) is 2.18. The number of rotatable bonds is 3. The zero-order valence-corrected chi connectivity index (χ0v) is 9.24. The molecule has 2 N–H and O–H groups in total. The van der Waals surface area contributed by atoms with E-state index in [1.807, 2.05) is 38.1 Å². The minimum absolute atomic E-state index is 0.00582. The Morgan fingerprint density at radius 1 is 1.47 bits per heavy atom. The third-order valence-corrected chi connectivity index (χ3v) is 2.07. The summed E-state index contributed by atoms with van der Waals surface area (Å²) < 4.78 is 0. The second-order valence-corrected chi connectivity index (χ2v) is 3.51. The molecule has 0 aromatic heterocycles. The molecule has 0 saturated heterocycles. The Bertz CT molecular complexity index is 311. The van der Waals surface area contributed by atoms with Gasteiger partial charge in [-0.05, 0) is 27.1 Å². The van der Waals surface area contributed by atoms with Crippen LogP contribution in [0.25, 0.3) is 0 Å². The quantitative estimate of drug-likeness (QED) is 0.736. The molecule has 4 heteroatoms. The van der Waals surface area contributed by atoms with Crippen molar-refractivity contribution in [3.8, 4) is 0 Å². The Kier molecular flexibility index (Phi) is 4.12. The molecule has 1 aromatic carbocycles. The molecule has 1 radical (unpaired) electrons. The highest BCUT2D eigenvalue weighted by Gasteiger charge is 2.08. The lowest BCUT2D eigenvalue weighted by molar-refractivity contribution is 0.227. The highest BCUT2D eigenvalue weighted by molar-refractivity contribution is 5.89. The largest absolute Gasteiger partial charge is 0.323 e. The minimum atomic E-state index is -0.223. The average molecular weight is 206 g/mol. The van der Waals surface area contributed by atoms with Crippen LogP contribution in [0.15, 0.2) is 24.3 Å². The van der Waals surface area contributed by atoms with Gasteiger partial charge in [-0.25, -0.2) is 4.79 Å². The highest BCUT2D eigenvalue weighted by Crippen LogP contribution is 2.03. The van der Waals surface area contributed by atoms with Gasteiger partial charge in [0, 0.05) is 6.07 Å². The van der Waals surface area contributed by atoms with Gasteiger partial charge < -0.3 is 10.6 Å². The van der Waals surface area contributed by atoms with E-state index >= 15 is 0 Å². The van der Waals surface area contributed by atoms with Gasteiger partial charge >= 0.3 is 6.03 Å². The number of hydrogen-bond acceptors (Lipinski definition) is 2. The van der Waals surface area contributed by atoms with Crippen molar-refractivity contribution in [3.63, 3.8) is 0 Å². The maximum atomic E-state index is 11.5. The van der Waals surface area contributed by atoms with Crippen LogP contribution >= 0.6 is 0 Å². The second kappa shape index (κ2) is 5.36. The zero-order valence-electron chi connectivity index (χ0n) is 9.24. The maximum Gasteiger partial charge on any atom is 0.320 e. The SMILES string of the molecule is CC(NC(=O)Nc1[c]cccc1)N(C)C. The van der Waals surface area contributed by atoms with Crippen LogP contribution in [0.5, 0.6) is 0 Å². The fourth-order valence-corrected chi connectivity index (χ4v) is 0.948. The van der Waals surface area contributed by atoms with Gasteiger partial charge in [-0.3, -0.25) is 4.90 Å². The Morgan fingerprint density at radius 3 is 2.73 bits per heavy atom. The van der Waals surface area contributed by atoms with Crippen molar-refractivity contribution >= 4 is 11.7 Å². The van der Waals surface area contributed by atoms with Gasteiger partial charge in [0.05, 0.1) is 11.9 Å². The Balaban J connectivity index is 2.43. The third-order valence-electron chi connectivity index (χ3n) is 2.07. The summed E-state index contributed by atoms with van der Waals surface area (Å²) in [5, 5.41) is 5.48. The van der Waals surface area contributed by atoms with Crippen molar-refractivity contribution in [2.24, 2.45) is 0 Å². The van der Waals surface area contributed by atoms with Gasteiger partial charge in [0.15, 0.2) is 0 Å². The zero-order chi connectivity index (χ0) is 11.3. The first-order valence-electron chi connectivity index (χ1n) is 4.80. The van der Waals surface area contributed by atoms with Crippen LogP contribution in [-0.2, 0) is 0 Å². The fourth-order valence-electron chi connectivity index (χ4n) is 0.948. The van der Waals surface area contributed by atoms with Crippen LogP contribution in [0.2, 0.25) is 0 Å². The first-order valence-corrected chi connectivity index (χ1v) is 4.80. The first kappa shape index (κ1) is 11.5. The molecule has 4 nitrogen and oxygen atoms in total. The third kappa shape index (κ3) is 3.99. The number of anilines is 1. The molecule has 1 unspecified atom stereocenters. The van der Waals surface area contributed by atoms with Gasteiger partial charge in [-0.2, -0.15) is 0 Å². The number of amides is 2. The molecule has 0 fully saturated rings. The molecule has 1 atom stereocenters. The van der Waals surface area contributed by atoms with Crippen molar-refractivity contribution in [1.82, 2.24) is 10.2 Å². The summed E-state index contributed by atoms with van der Waals surface area (Å²) in [6.07, 6.45) is -0.00582. The van der Waals surface area contributed by atoms with Crippen molar-refractivity contribution in [3.05, 3.63) is 30.3 Å². The summed E-state index contributed by atoms with van der Waals surface area (Å²) in [4.78, 5) is 13.4. The van der Waals surface area contributed by atoms with E-state index in [2.05, 4.69) is 16.7 Å². The molecular weight excluding hydrogens is 190 g/mol. The lowest BCUT2D eigenvalue weighted by Gasteiger charge is -2.21. The van der Waals surface area contributed by atoms with E-state index in [0.717, 1.165) is 0 Å². The number of nitrogens with zero attached hydrogens (tertiary/aromatic N) is 1. The number of urea groups is 1. The standard InChI is InChI=1S/C11H16N3O/c1-9(14(2)3)12-11(15)13-10-7-5-4-6-8-10/h4-7,9H,1-3H3,(H2,12,13,15). The second-order valence-electron chi connectivity index (χ2n) is 3.51. The topological polar surface area (TPSA) is 44.4 Å². The predicted molar refractivity (Wildman–Crippen MR) is 60.6 cm³/mol.